The first-order chi connectivity index (χ1) is 14.2. The van der Waals surface area contributed by atoms with E-state index in [4.69, 9.17) is 10.5 Å². The number of likely N-dealkylation sites (tertiary alicyclic amines) is 1. The van der Waals surface area contributed by atoms with Crippen molar-refractivity contribution in [2.45, 2.75) is 45.6 Å². The van der Waals surface area contributed by atoms with E-state index in [2.05, 4.69) is 37.8 Å². The lowest BCUT2D eigenvalue weighted by Gasteiger charge is -2.11. The van der Waals surface area contributed by atoms with Crippen LogP contribution in [0.1, 0.15) is 53.7 Å². The van der Waals surface area contributed by atoms with Gasteiger partial charge in [-0.3, -0.25) is 4.90 Å². The van der Waals surface area contributed by atoms with Gasteiger partial charge in [-0.05, 0) is 32.4 Å². The number of hydrogen-bond donors (Lipinski definition) is 2. The minimum atomic E-state index is 0.257. The van der Waals surface area contributed by atoms with E-state index in [1.807, 2.05) is 6.20 Å². The lowest BCUT2D eigenvalue weighted by molar-refractivity contribution is 0.287. The maximum atomic E-state index is 9.61. The van der Waals surface area contributed by atoms with E-state index in [0.29, 0.717) is 35.6 Å². The van der Waals surface area contributed by atoms with Gasteiger partial charge in [-0.25, -0.2) is 4.98 Å². The average Bonchev–Trinajstić information content (AvgIpc) is 3.44. The molecule has 0 aromatic carbocycles. The van der Waals surface area contributed by atoms with Crippen LogP contribution in [-0.4, -0.2) is 44.5 Å². The monoisotopic (exact) mass is 411 g/mol. The van der Waals surface area contributed by atoms with Crippen molar-refractivity contribution in [3.05, 3.63) is 27.3 Å². The maximum Gasteiger partial charge on any atom is 0.319 e. The number of thiazole rings is 1. The Bertz CT molecular complexity index is 1030. The van der Waals surface area contributed by atoms with Crippen LogP contribution in [-0.2, 0) is 13.0 Å². The first kappa shape index (κ1) is 19.6. The topological polar surface area (TPSA) is 117 Å². The summed E-state index contributed by atoms with van der Waals surface area (Å²) in [5, 5.41) is 10.7. The van der Waals surface area contributed by atoms with Gasteiger partial charge < -0.3 is 15.5 Å². The second-order valence-electron chi connectivity index (χ2n) is 7.29. The van der Waals surface area contributed by atoms with Gasteiger partial charge in [0.2, 0.25) is 0 Å². The van der Waals surface area contributed by atoms with Gasteiger partial charge in [-0.2, -0.15) is 15.2 Å². The van der Waals surface area contributed by atoms with E-state index in [1.165, 1.54) is 12.8 Å². The van der Waals surface area contributed by atoms with Crippen LogP contribution in [0.15, 0.2) is 6.20 Å². The highest BCUT2D eigenvalue weighted by Crippen LogP contribution is 2.29. The number of aromatic amines is 1. The van der Waals surface area contributed by atoms with E-state index in [9.17, 15) is 5.26 Å². The molecule has 3 aromatic rings. The molecule has 4 heterocycles. The predicted molar refractivity (Wildman–Crippen MR) is 113 cm³/mol. The molecule has 9 heteroatoms. The fourth-order valence-corrected chi connectivity index (χ4v) is 4.54. The molecule has 1 aliphatic heterocycles. The number of ether oxygens (including phenoxy) is 1. The molecule has 1 aliphatic rings. The van der Waals surface area contributed by atoms with Gasteiger partial charge in [0.05, 0.1) is 13.2 Å². The number of aromatic nitrogens is 4. The lowest BCUT2D eigenvalue weighted by atomic mass is 10.1. The number of rotatable bonds is 8. The largest absolute Gasteiger partial charge is 0.463 e. The summed E-state index contributed by atoms with van der Waals surface area (Å²) in [7, 11) is 0. The number of anilines is 1. The average molecular weight is 412 g/mol. The van der Waals surface area contributed by atoms with Crippen LogP contribution in [0.3, 0.4) is 0 Å². The molecule has 0 atom stereocenters. The van der Waals surface area contributed by atoms with Gasteiger partial charge in [0.15, 0.2) is 5.82 Å². The predicted octanol–water partition coefficient (Wildman–Crippen LogP) is 3.23. The SMILES string of the molecule is CCCCOc1nc(N)c2[nH]c(C#N)c(Cc3cnc(CN4CCCC4)s3)c2n1. The number of nitrogens with zero attached hydrogens (tertiary/aromatic N) is 5. The van der Waals surface area contributed by atoms with Crippen LogP contribution in [0, 0.1) is 11.3 Å². The van der Waals surface area contributed by atoms with Crippen molar-refractivity contribution < 1.29 is 4.74 Å². The first-order valence-corrected chi connectivity index (χ1v) is 10.9. The second-order valence-corrected chi connectivity index (χ2v) is 8.49. The molecule has 3 N–H and O–H groups in total. The van der Waals surface area contributed by atoms with Crippen molar-refractivity contribution >= 4 is 28.2 Å². The normalized spacial score (nSPS) is 14.5. The summed E-state index contributed by atoms with van der Waals surface area (Å²) >= 11 is 1.69. The summed E-state index contributed by atoms with van der Waals surface area (Å²) in [5.41, 5.74) is 8.61. The highest BCUT2D eigenvalue weighted by Gasteiger charge is 2.19. The Hall–Kier alpha value is -2.70. The minimum Gasteiger partial charge on any atom is -0.463 e. The number of nitriles is 1. The molecule has 0 bridgehead atoms. The Balaban J connectivity index is 1.60. The summed E-state index contributed by atoms with van der Waals surface area (Å²) in [5.74, 6) is 0.295. The van der Waals surface area contributed by atoms with Crippen LogP contribution >= 0.6 is 11.3 Å². The molecule has 0 amide bonds. The van der Waals surface area contributed by atoms with Crippen molar-refractivity contribution in [1.82, 2.24) is 24.8 Å². The zero-order valence-corrected chi connectivity index (χ0v) is 17.4. The highest BCUT2D eigenvalue weighted by molar-refractivity contribution is 7.11. The van der Waals surface area contributed by atoms with Gasteiger partial charge >= 0.3 is 6.01 Å². The molecule has 0 unspecified atom stereocenters. The molecule has 152 valence electrons. The molecule has 8 nitrogen and oxygen atoms in total. The molecule has 0 radical (unpaired) electrons. The molecule has 1 saturated heterocycles. The second kappa shape index (κ2) is 8.76. The molecule has 4 rings (SSSR count). The Kier molecular flexibility index (Phi) is 5.92. The smallest absolute Gasteiger partial charge is 0.319 e. The zero-order chi connectivity index (χ0) is 20.2. The number of fused-ring (bicyclic) bond motifs is 1. The molecule has 29 heavy (non-hydrogen) atoms. The summed E-state index contributed by atoms with van der Waals surface area (Å²) in [6, 6.07) is 2.48. The third-order valence-electron chi connectivity index (χ3n) is 5.10. The van der Waals surface area contributed by atoms with Crippen LogP contribution in [0.4, 0.5) is 5.82 Å². The summed E-state index contributed by atoms with van der Waals surface area (Å²) in [4.78, 5) is 19.9. The van der Waals surface area contributed by atoms with Crippen molar-refractivity contribution in [1.29, 1.82) is 5.26 Å². The van der Waals surface area contributed by atoms with Crippen molar-refractivity contribution in [3.63, 3.8) is 0 Å². The quantitative estimate of drug-likeness (QED) is 0.546. The van der Waals surface area contributed by atoms with Gasteiger partial charge in [0.1, 0.15) is 27.8 Å². The third kappa shape index (κ3) is 4.33. The van der Waals surface area contributed by atoms with E-state index in [1.54, 1.807) is 11.3 Å². The molecule has 1 fully saturated rings. The zero-order valence-electron chi connectivity index (χ0n) is 16.6. The first-order valence-electron chi connectivity index (χ1n) is 10.0. The summed E-state index contributed by atoms with van der Waals surface area (Å²) < 4.78 is 5.65. The van der Waals surface area contributed by atoms with Crippen LogP contribution in [0.5, 0.6) is 6.01 Å². The number of nitrogens with two attached hydrogens (primary N) is 1. The number of hydrogen-bond acceptors (Lipinski definition) is 8. The standard InChI is InChI=1S/C20H25N7OS/c1-2-3-8-28-20-25-17-14(15(10-21)24-18(17)19(22)26-20)9-13-11-23-16(29-13)12-27-6-4-5-7-27/h11,24H,2-9,12H2,1H3,(H2,22,25,26). The molecule has 0 saturated carbocycles. The molecule has 3 aromatic heterocycles. The Morgan fingerprint density at radius 1 is 1.34 bits per heavy atom. The Morgan fingerprint density at radius 2 is 2.17 bits per heavy atom. The van der Waals surface area contributed by atoms with Crippen LogP contribution < -0.4 is 10.5 Å². The van der Waals surface area contributed by atoms with Gasteiger partial charge in [-0.15, -0.1) is 11.3 Å². The molecule has 0 spiro atoms. The third-order valence-corrected chi connectivity index (χ3v) is 6.09. The molecular formula is C20H25N7OS. The van der Waals surface area contributed by atoms with Crippen molar-refractivity contribution in [2.75, 3.05) is 25.4 Å². The van der Waals surface area contributed by atoms with Gasteiger partial charge in [0, 0.05) is 23.1 Å². The van der Waals surface area contributed by atoms with Gasteiger partial charge in [0.25, 0.3) is 0 Å². The lowest BCUT2D eigenvalue weighted by Crippen LogP contribution is -2.17. The Labute approximate surface area is 173 Å². The Morgan fingerprint density at radius 3 is 2.93 bits per heavy atom. The van der Waals surface area contributed by atoms with Crippen molar-refractivity contribution in [2.24, 2.45) is 0 Å². The molecular weight excluding hydrogens is 386 g/mol. The maximum absolute atomic E-state index is 9.61. The highest BCUT2D eigenvalue weighted by atomic mass is 32.1. The van der Waals surface area contributed by atoms with Crippen LogP contribution in [0.2, 0.25) is 0 Å². The van der Waals surface area contributed by atoms with Crippen LogP contribution in [0.25, 0.3) is 11.0 Å². The summed E-state index contributed by atoms with van der Waals surface area (Å²) in [6.07, 6.45) is 6.96. The van der Waals surface area contributed by atoms with E-state index in [-0.39, 0.29) is 6.01 Å². The number of nitrogens with one attached hydrogen (secondary N) is 1. The van der Waals surface area contributed by atoms with E-state index < -0.39 is 0 Å². The summed E-state index contributed by atoms with van der Waals surface area (Å²) in [6.45, 7) is 5.83. The van der Waals surface area contributed by atoms with E-state index in [0.717, 1.165) is 47.9 Å². The fraction of sp³-hybridized carbons (Fsp3) is 0.500. The van der Waals surface area contributed by atoms with Crippen molar-refractivity contribution in [3.8, 4) is 12.1 Å². The number of H-pyrrole nitrogens is 1. The van der Waals surface area contributed by atoms with E-state index >= 15 is 0 Å². The molecule has 0 aliphatic carbocycles. The minimum absolute atomic E-state index is 0.257. The fourth-order valence-electron chi connectivity index (χ4n) is 3.57. The number of nitrogen functional groups attached to an aromatic ring is 1. The number of unbranched alkanes of at least 4 members (excludes halogenated alkanes) is 1. The van der Waals surface area contributed by atoms with Gasteiger partial charge in [-0.1, -0.05) is 13.3 Å².